The van der Waals surface area contributed by atoms with Crippen LogP contribution in [0.1, 0.15) is 6.42 Å². The van der Waals surface area contributed by atoms with Gasteiger partial charge in [0.1, 0.15) is 10.3 Å². The van der Waals surface area contributed by atoms with Crippen molar-refractivity contribution in [1.29, 1.82) is 0 Å². The summed E-state index contributed by atoms with van der Waals surface area (Å²) in [5.74, 6) is -0.217. The summed E-state index contributed by atoms with van der Waals surface area (Å²) in [7, 11) is -2.09. The van der Waals surface area contributed by atoms with E-state index in [2.05, 4.69) is 0 Å². The molecule has 7 nitrogen and oxygen atoms in total. The number of nitrogens with two attached hydrogens (primary N) is 1. The van der Waals surface area contributed by atoms with E-state index in [4.69, 9.17) is 22.1 Å². The van der Waals surface area contributed by atoms with Crippen LogP contribution < -0.4 is 5.73 Å². The van der Waals surface area contributed by atoms with Gasteiger partial charge in [0, 0.05) is 33.3 Å². The maximum atomic E-state index is 12.6. The summed E-state index contributed by atoms with van der Waals surface area (Å²) in [6.45, 7) is 1.54. The molecule has 0 aliphatic carbocycles. The van der Waals surface area contributed by atoms with Crippen LogP contribution in [0, 0.1) is 0 Å². The Kier molecular flexibility index (Phi) is 8.40. The van der Waals surface area contributed by atoms with Gasteiger partial charge in [-0.3, -0.25) is 4.79 Å². The third-order valence-electron chi connectivity index (χ3n) is 3.57. The zero-order valence-corrected chi connectivity index (χ0v) is 16.4. The van der Waals surface area contributed by atoms with Crippen LogP contribution in [0.3, 0.4) is 0 Å². The molecule has 1 amide bonds. The summed E-state index contributed by atoms with van der Waals surface area (Å²) >= 11 is 6.86. The standard InChI is InChI=1S/C13H20ClN3O4S2.ClH/c1-21-9-10(15)13(18)16-5-2-6-17(8-7-16)23(19,20)12-4-3-11(14)22-12;/h3-4,10H,2,5-9,15H2,1H3;1H. The first-order valence-electron chi connectivity index (χ1n) is 7.15. The number of methoxy groups -OCH3 is 1. The number of halogens is 2. The van der Waals surface area contributed by atoms with Gasteiger partial charge >= 0.3 is 0 Å². The molecule has 0 aromatic carbocycles. The van der Waals surface area contributed by atoms with Crippen LogP contribution >= 0.6 is 35.3 Å². The van der Waals surface area contributed by atoms with Crippen molar-refractivity contribution in [2.45, 2.75) is 16.7 Å². The summed E-state index contributed by atoms with van der Waals surface area (Å²) in [6.07, 6.45) is 0.559. The zero-order valence-electron chi connectivity index (χ0n) is 13.2. The number of amides is 1. The first kappa shape index (κ1) is 21.6. The molecule has 2 heterocycles. The number of ether oxygens (including phenoxy) is 1. The number of thiophene rings is 1. The van der Waals surface area contributed by atoms with Crippen molar-refractivity contribution in [3.05, 3.63) is 16.5 Å². The first-order chi connectivity index (χ1) is 10.9. The van der Waals surface area contributed by atoms with Gasteiger partial charge in [-0.1, -0.05) is 11.6 Å². The number of carbonyl (C=O) groups excluding carboxylic acids is 1. The average molecular weight is 418 g/mol. The van der Waals surface area contributed by atoms with Gasteiger partial charge in [0.25, 0.3) is 10.0 Å². The van der Waals surface area contributed by atoms with Crippen LogP contribution in [0.5, 0.6) is 0 Å². The van der Waals surface area contributed by atoms with Gasteiger partial charge in [-0.05, 0) is 18.6 Å². The average Bonchev–Trinajstić information content (AvgIpc) is 2.81. The third kappa shape index (κ3) is 5.04. The summed E-state index contributed by atoms with van der Waals surface area (Å²) < 4.78 is 32.1. The van der Waals surface area contributed by atoms with Crippen LogP contribution in [0.4, 0.5) is 0 Å². The number of hydrogen-bond donors (Lipinski definition) is 1. The molecule has 1 aromatic heterocycles. The Morgan fingerprint density at radius 2 is 2.08 bits per heavy atom. The SMILES string of the molecule is COCC(N)C(=O)N1CCCN(S(=O)(=O)c2ccc(Cl)s2)CC1.Cl. The van der Waals surface area contributed by atoms with Gasteiger partial charge in [-0.15, -0.1) is 23.7 Å². The Morgan fingerprint density at radius 3 is 2.67 bits per heavy atom. The second-order valence-corrected chi connectivity index (χ2v) is 9.08. The van der Waals surface area contributed by atoms with Gasteiger partial charge in [-0.2, -0.15) is 4.31 Å². The van der Waals surface area contributed by atoms with Gasteiger partial charge in [0.2, 0.25) is 5.91 Å². The summed E-state index contributed by atoms with van der Waals surface area (Å²) in [5.41, 5.74) is 5.76. The number of hydrogen-bond acceptors (Lipinski definition) is 6. The molecule has 1 fully saturated rings. The van der Waals surface area contributed by atoms with E-state index < -0.39 is 16.1 Å². The second-order valence-electron chi connectivity index (χ2n) is 5.20. The minimum Gasteiger partial charge on any atom is -0.383 e. The van der Waals surface area contributed by atoms with Gasteiger partial charge in [0.05, 0.1) is 10.9 Å². The molecule has 1 unspecified atom stereocenters. The van der Waals surface area contributed by atoms with Crippen LogP contribution in [-0.2, 0) is 19.6 Å². The Morgan fingerprint density at radius 1 is 1.38 bits per heavy atom. The van der Waals surface area contributed by atoms with Crippen molar-refractivity contribution in [3.63, 3.8) is 0 Å². The molecule has 1 aliphatic rings. The first-order valence-corrected chi connectivity index (χ1v) is 9.78. The fourth-order valence-electron chi connectivity index (χ4n) is 2.40. The quantitative estimate of drug-likeness (QED) is 0.771. The lowest BCUT2D eigenvalue weighted by atomic mass is 10.2. The van der Waals surface area contributed by atoms with Crippen molar-refractivity contribution >= 4 is 51.3 Å². The number of sulfonamides is 1. The Labute approximate surface area is 157 Å². The third-order valence-corrected chi connectivity index (χ3v) is 7.17. The summed E-state index contributed by atoms with van der Waals surface area (Å²) in [5, 5.41) is 0. The van der Waals surface area contributed by atoms with E-state index in [0.717, 1.165) is 11.3 Å². The molecule has 2 rings (SSSR count). The van der Waals surface area contributed by atoms with Crippen LogP contribution in [0.25, 0.3) is 0 Å². The molecular weight excluding hydrogens is 397 g/mol. The molecule has 138 valence electrons. The largest absolute Gasteiger partial charge is 0.383 e. The van der Waals surface area contributed by atoms with E-state index in [0.29, 0.717) is 30.4 Å². The fourth-order valence-corrected chi connectivity index (χ4v) is 5.51. The van der Waals surface area contributed by atoms with E-state index in [1.165, 1.54) is 17.5 Å². The lowest BCUT2D eigenvalue weighted by Gasteiger charge is -2.24. The molecule has 1 saturated heterocycles. The van der Waals surface area contributed by atoms with E-state index >= 15 is 0 Å². The van der Waals surface area contributed by atoms with Crippen molar-refractivity contribution in [3.8, 4) is 0 Å². The normalized spacial score (nSPS) is 17.9. The Bertz CT molecular complexity index is 653. The molecule has 2 N–H and O–H groups in total. The molecule has 11 heteroatoms. The van der Waals surface area contributed by atoms with Gasteiger partial charge in [0.15, 0.2) is 0 Å². The minimum atomic E-state index is -3.57. The van der Waals surface area contributed by atoms with E-state index in [1.54, 1.807) is 11.0 Å². The number of nitrogens with zero attached hydrogens (tertiary/aromatic N) is 2. The number of rotatable bonds is 5. The maximum absolute atomic E-state index is 12.6. The topological polar surface area (TPSA) is 92.9 Å². The monoisotopic (exact) mass is 417 g/mol. The Balaban J connectivity index is 0.00000288. The molecule has 1 aromatic rings. The molecule has 24 heavy (non-hydrogen) atoms. The van der Waals surface area contributed by atoms with E-state index in [-0.39, 0.29) is 35.7 Å². The van der Waals surface area contributed by atoms with Crippen LogP contribution in [-0.4, -0.2) is 69.5 Å². The smallest absolute Gasteiger partial charge is 0.252 e. The summed E-state index contributed by atoms with van der Waals surface area (Å²) in [4.78, 5) is 13.8. The van der Waals surface area contributed by atoms with Crippen molar-refractivity contribution in [2.75, 3.05) is 39.9 Å². The molecule has 1 aliphatic heterocycles. The highest BCUT2D eigenvalue weighted by Crippen LogP contribution is 2.28. The van der Waals surface area contributed by atoms with Crippen LogP contribution in [0.15, 0.2) is 16.3 Å². The van der Waals surface area contributed by atoms with Crippen molar-refractivity contribution in [2.24, 2.45) is 5.73 Å². The van der Waals surface area contributed by atoms with Gasteiger partial charge < -0.3 is 15.4 Å². The lowest BCUT2D eigenvalue weighted by Crippen LogP contribution is -2.47. The summed E-state index contributed by atoms with van der Waals surface area (Å²) in [6, 6.07) is 2.35. The van der Waals surface area contributed by atoms with E-state index in [9.17, 15) is 13.2 Å². The molecule has 0 saturated carbocycles. The molecule has 1 atom stereocenters. The van der Waals surface area contributed by atoms with Crippen molar-refractivity contribution in [1.82, 2.24) is 9.21 Å². The molecule has 0 radical (unpaired) electrons. The Hall–Kier alpha value is -0.420. The van der Waals surface area contributed by atoms with Crippen LogP contribution in [0.2, 0.25) is 4.34 Å². The predicted octanol–water partition coefficient (Wildman–Crippen LogP) is 1.02. The lowest BCUT2D eigenvalue weighted by molar-refractivity contribution is -0.133. The minimum absolute atomic E-state index is 0. The highest BCUT2D eigenvalue weighted by Gasteiger charge is 2.30. The van der Waals surface area contributed by atoms with Gasteiger partial charge in [-0.25, -0.2) is 8.42 Å². The number of carbonyl (C=O) groups is 1. The molecule has 0 bridgehead atoms. The highest BCUT2D eigenvalue weighted by molar-refractivity contribution is 7.91. The molecule has 0 spiro atoms. The highest BCUT2D eigenvalue weighted by atomic mass is 35.5. The zero-order chi connectivity index (χ0) is 17.0. The van der Waals surface area contributed by atoms with E-state index in [1.807, 2.05) is 0 Å². The second kappa shape index (κ2) is 9.33. The fraction of sp³-hybridized carbons (Fsp3) is 0.615. The van der Waals surface area contributed by atoms with Crippen molar-refractivity contribution < 1.29 is 17.9 Å². The predicted molar refractivity (Wildman–Crippen MR) is 96.4 cm³/mol. The molecular formula is C13H21Cl2N3O4S2. The maximum Gasteiger partial charge on any atom is 0.252 e.